The molecule has 0 aliphatic carbocycles. The first kappa shape index (κ1) is 16.9. The number of carboxylic acid groups (broad SMARTS) is 1. The number of halogens is 3. The normalized spacial score (nSPS) is 12.8. The summed E-state index contributed by atoms with van der Waals surface area (Å²) < 4.78 is 36.9. The Morgan fingerprint density at radius 3 is 2.52 bits per heavy atom. The zero-order valence-corrected chi connectivity index (χ0v) is 10.9. The molecule has 1 aromatic rings. The summed E-state index contributed by atoms with van der Waals surface area (Å²) in [6.45, 7) is 0.167. The van der Waals surface area contributed by atoms with Gasteiger partial charge in [0.25, 0.3) is 5.91 Å². The van der Waals surface area contributed by atoms with Crippen LogP contribution in [0, 0.1) is 0 Å². The monoisotopic (exact) mass is 305 g/mol. The predicted octanol–water partition coefficient (Wildman–Crippen LogP) is 1.02. The van der Waals surface area contributed by atoms with Crippen molar-refractivity contribution in [1.82, 2.24) is 10.3 Å². The minimum atomic E-state index is -4.55. The summed E-state index contributed by atoms with van der Waals surface area (Å²) in [4.78, 5) is 25.2. The Morgan fingerprint density at radius 1 is 1.38 bits per heavy atom. The molecule has 0 aliphatic rings. The first-order valence-corrected chi connectivity index (χ1v) is 6.01. The molecule has 0 unspecified atom stereocenters. The number of carboxylic acids is 1. The average Bonchev–Trinajstić information content (AvgIpc) is 2.42. The van der Waals surface area contributed by atoms with E-state index < -0.39 is 29.8 Å². The van der Waals surface area contributed by atoms with E-state index in [2.05, 4.69) is 10.3 Å². The van der Waals surface area contributed by atoms with Crippen molar-refractivity contribution in [3.8, 4) is 0 Å². The number of nitrogens with zero attached hydrogens (tertiary/aromatic N) is 1. The molecular formula is C12H14F3N3O3. The van der Waals surface area contributed by atoms with Gasteiger partial charge in [-0.15, -0.1) is 0 Å². The second-order valence-electron chi connectivity index (χ2n) is 4.27. The highest BCUT2D eigenvalue weighted by Crippen LogP contribution is 2.27. The summed E-state index contributed by atoms with van der Waals surface area (Å²) in [6.07, 6.45) is -3.20. The number of alkyl halides is 3. The Hall–Kier alpha value is -2.16. The topological polar surface area (TPSA) is 105 Å². The molecule has 1 atom stereocenters. The lowest BCUT2D eigenvalue weighted by Gasteiger charge is -2.08. The maximum Gasteiger partial charge on any atom is 0.433 e. The van der Waals surface area contributed by atoms with Gasteiger partial charge in [-0.3, -0.25) is 14.6 Å². The number of nitrogens with two attached hydrogens (primary N) is 1. The molecule has 0 radical (unpaired) electrons. The molecule has 1 heterocycles. The van der Waals surface area contributed by atoms with E-state index in [0.29, 0.717) is 6.42 Å². The van der Waals surface area contributed by atoms with Crippen LogP contribution in [0.5, 0.6) is 0 Å². The third kappa shape index (κ3) is 5.38. The fourth-order valence-corrected chi connectivity index (χ4v) is 1.45. The first-order valence-electron chi connectivity index (χ1n) is 6.01. The summed E-state index contributed by atoms with van der Waals surface area (Å²) in [5.74, 6) is -1.71. The molecule has 0 aromatic carbocycles. The SMILES string of the molecule is N[C@@H](CCCNC(=O)c1ccc(C(F)(F)F)nc1)C(=O)O. The van der Waals surface area contributed by atoms with E-state index in [9.17, 15) is 22.8 Å². The molecule has 0 bridgehead atoms. The Kier molecular flexibility index (Phi) is 5.65. The second-order valence-corrected chi connectivity index (χ2v) is 4.27. The molecular weight excluding hydrogens is 291 g/mol. The summed E-state index contributed by atoms with van der Waals surface area (Å²) in [6, 6.07) is 0.735. The minimum Gasteiger partial charge on any atom is -0.480 e. The second kappa shape index (κ2) is 7.02. The van der Waals surface area contributed by atoms with Crippen molar-refractivity contribution in [2.24, 2.45) is 5.73 Å². The van der Waals surface area contributed by atoms with Crippen molar-refractivity contribution in [3.63, 3.8) is 0 Å². The zero-order chi connectivity index (χ0) is 16.0. The standard InChI is InChI=1S/C12H14F3N3O3/c13-12(14,15)9-4-3-7(6-18-9)10(19)17-5-1-2-8(16)11(20)21/h3-4,6,8H,1-2,5,16H2,(H,17,19)(H,20,21)/t8-/m0/s1. The highest BCUT2D eigenvalue weighted by molar-refractivity contribution is 5.93. The largest absolute Gasteiger partial charge is 0.480 e. The van der Waals surface area contributed by atoms with Gasteiger partial charge in [0.2, 0.25) is 0 Å². The van der Waals surface area contributed by atoms with Crippen LogP contribution < -0.4 is 11.1 Å². The van der Waals surface area contributed by atoms with E-state index in [4.69, 9.17) is 10.8 Å². The molecule has 0 aliphatic heterocycles. The molecule has 9 heteroatoms. The van der Waals surface area contributed by atoms with Gasteiger partial charge < -0.3 is 16.2 Å². The van der Waals surface area contributed by atoms with Crippen molar-refractivity contribution in [1.29, 1.82) is 0 Å². The van der Waals surface area contributed by atoms with Gasteiger partial charge in [-0.1, -0.05) is 0 Å². The van der Waals surface area contributed by atoms with Crippen molar-refractivity contribution in [2.75, 3.05) is 6.54 Å². The number of hydrogen-bond donors (Lipinski definition) is 3. The average molecular weight is 305 g/mol. The number of hydrogen-bond acceptors (Lipinski definition) is 4. The number of pyridine rings is 1. The van der Waals surface area contributed by atoms with Gasteiger partial charge in [0.05, 0.1) is 5.56 Å². The van der Waals surface area contributed by atoms with Gasteiger partial charge in [0.15, 0.2) is 0 Å². The number of carbonyl (C=O) groups is 2. The molecule has 0 fully saturated rings. The fraction of sp³-hybridized carbons (Fsp3) is 0.417. The summed E-state index contributed by atoms with van der Waals surface area (Å²) >= 11 is 0. The predicted molar refractivity (Wildman–Crippen MR) is 66.4 cm³/mol. The van der Waals surface area contributed by atoms with Gasteiger partial charge in [-0.05, 0) is 25.0 Å². The lowest BCUT2D eigenvalue weighted by atomic mass is 10.1. The van der Waals surface area contributed by atoms with Crippen molar-refractivity contribution in [2.45, 2.75) is 25.1 Å². The van der Waals surface area contributed by atoms with E-state index in [1.54, 1.807) is 0 Å². The van der Waals surface area contributed by atoms with Crippen LogP contribution >= 0.6 is 0 Å². The number of aliphatic carboxylic acids is 1. The molecule has 0 saturated carbocycles. The molecule has 6 nitrogen and oxygen atoms in total. The quantitative estimate of drug-likeness (QED) is 0.681. The van der Waals surface area contributed by atoms with Crippen molar-refractivity contribution < 1.29 is 27.9 Å². The number of carbonyl (C=O) groups excluding carboxylic acids is 1. The van der Waals surface area contributed by atoms with Crippen LogP contribution in [0.2, 0.25) is 0 Å². The molecule has 1 aromatic heterocycles. The van der Waals surface area contributed by atoms with Crippen LogP contribution in [0.3, 0.4) is 0 Å². The maximum atomic E-state index is 12.3. The molecule has 1 amide bonds. The Morgan fingerprint density at radius 2 is 2.05 bits per heavy atom. The van der Waals surface area contributed by atoms with Crippen LogP contribution in [-0.2, 0) is 11.0 Å². The summed E-state index contributed by atoms with van der Waals surface area (Å²) in [5, 5.41) is 11.0. The Balaban J connectivity index is 2.44. The highest BCUT2D eigenvalue weighted by Gasteiger charge is 2.32. The van der Waals surface area contributed by atoms with E-state index in [-0.39, 0.29) is 18.5 Å². The third-order valence-corrected chi connectivity index (χ3v) is 2.61. The lowest BCUT2D eigenvalue weighted by Crippen LogP contribution is -2.32. The fourth-order valence-electron chi connectivity index (χ4n) is 1.45. The van der Waals surface area contributed by atoms with Gasteiger partial charge >= 0.3 is 12.1 Å². The van der Waals surface area contributed by atoms with Gasteiger partial charge in [-0.2, -0.15) is 13.2 Å². The minimum absolute atomic E-state index is 0.00877. The molecule has 0 spiro atoms. The van der Waals surface area contributed by atoms with E-state index in [1.165, 1.54) is 0 Å². The highest BCUT2D eigenvalue weighted by atomic mass is 19.4. The van der Waals surface area contributed by atoms with E-state index in [1.807, 2.05) is 0 Å². The molecule has 116 valence electrons. The van der Waals surface area contributed by atoms with Crippen LogP contribution in [0.4, 0.5) is 13.2 Å². The van der Waals surface area contributed by atoms with Crippen LogP contribution in [-0.4, -0.2) is 34.6 Å². The van der Waals surface area contributed by atoms with E-state index in [0.717, 1.165) is 18.3 Å². The van der Waals surface area contributed by atoms with Crippen LogP contribution in [0.1, 0.15) is 28.9 Å². The smallest absolute Gasteiger partial charge is 0.433 e. The maximum absolute atomic E-state index is 12.3. The Bertz CT molecular complexity index is 503. The molecule has 1 rings (SSSR count). The van der Waals surface area contributed by atoms with Gasteiger partial charge in [0.1, 0.15) is 11.7 Å². The molecule has 21 heavy (non-hydrogen) atoms. The molecule has 0 saturated heterocycles. The zero-order valence-electron chi connectivity index (χ0n) is 10.9. The lowest BCUT2D eigenvalue weighted by molar-refractivity contribution is -0.141. The number of nitrogens with one attached hydrogen (secondary N) is 1. The summed E-state index contributed by atoms with van der Waals surface area (Å²) in [5.41, 5.74) is 4.19. The number of rotatable bonds is 6. The van der Waals surface area contributed by atoms with Gasteiger partial charge in [-0.25, -0.2) is 0 Å². The number of amides is 1. The Labute approximate surface area is 118 Å². The number of aromatic nitrogens is 1. The first-order chi connectivity index (χ1) is 9.71. The van der Waals surface area contributed by atoms with Crippen molar-refractivity contribution in [3.05, 3.63) is 29.6 Å². The van der Waals surface area contributed by atoms with Crippen molar-refractivity contribution >= 4 is 11.9 Å². The van der Waals surface area contributed by atoms with Gasteiger partial charge in [0, 0.05) is 12.7 Å². The van der Waals surface area contributed by atoms with E-state index >= 15 is 0 Å². The third-order valence-electron chi connectivity index (χ3n) is 2.61. The van der Waals surface area contributed by atoms with Crippen LogP contribution in [0.15, 0.2) is 18.3 Å². The van der Waals surface area contributed by atoms with Crippen LogP contribution in [0.25, 0.3) is 0 Å². The molecule has 4 N–H and O–H groups in total. The summed E-state index contributed by atoms with van der Waals surface area (Å²) in [7, 11) is 0.